The van der Waals surface area contributed by atoms with Gasteiger partial charge in [0.1, 0.15) is 0 Å². The molecule has 3 N–H and O–H groups in total. The highest BCUT2D eigenvalue weighted by molar-refractivity contribution is 9.10. The first kappa shape index (κ1) is 15.9. The van der Waals surface area contributed by atoms with Crippen LogP contribution in [0.4, 0.5) is 11.4 Å². The summed E-state index contributed by atoms with van der Waals surface area (Å²) < 4.78 is 28.4. The van der Waals surface area contributed by atoms with Gasteiger partial charge in [0.25, 0.3) is 10.0 Å². The molecule has 0 atom stereocenters. The highest BCUT2D eigenvalue weighted by Gasteiger charge is 2.20. The standard InChI is InChI=1S/C15H17BrN2O2S/c1-9-4-5-14(10(2)6-9)18-21(19,20)15-8-12(16)7-13(17)11(15)3/h4-8,18H,17H2,1-3H3. The third-order valence-electron chi connectivity index (χ3n) is 3.28. The summed E-state index contributed by atoms with van der Waals surface area (Å²) >= 11 is 3.28. The monoisotopic (exact) mass is 368 g/mol. The topological polar surface area (TPSA) is 72.2 Å². The molecule has 2 aromatic rings. The smallest absolute Gasteiger partial charge is 0.262 e. The molecule has 2 rings (SSSR count). The van der Waals surface area contributed by atoms with E-state index >= 15 is 0 Å². The van der Waals surface area contributed by atoms with Gasteiger partial charge in [0.2, 0.25) is 0 Å². The van der Waals surface area contributed by atoms with Gasteiger partial charge in [-0.05, 0) is 50.1 Å². The van der Waals surface area contributed by atoms with Crippen LogP contribution < -0.4 is 10.5 Å². The number of aryl methyl sites for hydroxylation is 2. The van der Waals surface area contributed by atoms with Gasteiger partial charge in [0.15, 0.2) is 0 Å². The van der Waals surface area contributed by atoms with Crippen LogP contribution >= 0.6 is 15.9 Å². The summed E-state index contributed by atoms with van der Waals surface area (Å²) in [4.78, 5) is 0.175. The van der Waals surface area contributed by atoms with E-state index in [-0.39, 0.29) is 4.90 Å². The van der Waals surface area contributed by atoms with Crippen molar-refractivity contribution in [3.63, 3.8) is 0 Å². The summed E-state index contributed by atoms with van der Waals surface area (Å²) in [7, 11) is -3.68. The Morgan fingerprint density at radius 3 is 2.38 bits per heavy atom. The number of nitrogens with one attached hydrogen (secondary N) is 1. The van der Waals surface area contributed by atoms with Crippen LogP contribution in [-0.2, 0) is 10.0 Å². The second-order valence-electron chi connectivity index (χ2n) is 5.04. The number of anilines is 2. The fraction of sp³-hybridized carbons (Fsp3) is 0.200. The summed E-state index contributed by atoms with van der Waals surface area (Å²) in [5.74, 6) is 0. The van der Waals surface area contributed by atoms with Crippen molar-refractivity contribution < 1.29 is 8.42 Å². The highest BCUT2D eigenvalue weighted by Crippen LogP contribution is 2.28. The normalized spacial score (nSPS) is 11.4. The van der Waals surface area contributed by atoms with Gasteiger partial charge >= 0.3 is 0 Å². The third kappa shape index (κ3) is 3.39. The molecule has 0 fully saturated rings. The Hall–Kier alpha value is -1.53. The van der Waals surface area contributed by atoms with Crippen LogP contribution in [-0.4, -0.2) is 8.42 Å². The van der Waals surface area contributed by atoms with E-state index in [4.69, 9.17) is 5.73 Å². The molecule has 0 spiro atoms. The van der Waals surface area contributed by atoms with Crippen molar-refractivity contribution in [2.45, 2.75) is 25.7 Å². The number of sulfonamides is 1. The van der Waals surface area contributed by atoms with Gasteiger partial charge in [-0.2, -0.15) is 0 Å². The molecule has 0 aliphatic heterocycles. The minimum absolute atomic E-state index is 0.175. The van der Waals surface area contributed by atoms with E-state index in [9.17, 15) is 8.42 Å². The van der Waals surface area contributed by atoms with Crippen molar-refractivity contribution in [2.75, 3.05) is 10.5 Å². The van der Waals surface area contributed by atoms with Gasteiger partial charge in [0, 0.05) is 10.2 Å². The van der Waals surface area contributed by atoms with Gasteiger partial charge in [-0.25, -0.2) is 8.42 Å². The lowest BCUT2D eigenvalue weighted by atomic mass is 10.1. The van der Waals surface area contributed by atoms with Crippen LogP contribution in [0.15, 0.2) is 39.7 Å². The Bertz CT molecular complexity index is 802. The molecule has 112 valence electrons. The van der Waals surface area contributed by atoms with E-state index in [0.717, 1.165) is 11.1 Å². The summed E-state index contributed by atoms with van der Waals surface area (Å²) in [6.45, 7) is 5.52. The SMILES string of the molecule is Cc1ccc(NS(=O)(=O)c2cc(Br)cc(N)c2C)c(C)c1. The lowest BCUT2D eigenvalue weighted by molar-refractivity contribution is 0.600. The van der Waals surface area contributed by atoms with Crippen LogP contribution in [0.25, 0.3) is 0 Å². The van der Waals surface area contributed by atoms with Crippen LogP contribution in [0, 0.1) is 20.8 Å². The maximum atomic E-state index is 12.6. The van der Waals surface area contributed by atoms with Crippen LogP contribution in [0.2, 0.25) is 0 Å². The molecule has 0 heterocycles. The zero-order valence-corrected chi connectivity index (χ0v) is 14.5. The van der Waals surface area contributed by atoms with Crippen molar-refractivity contribution >= 4 is 37.3 Å². The Morgan fingerprint density at radius 2 is 1.76 bits per heavy atom. The average molecular weight is 369 g/mol. The maximum absolute atomic E-state index is 12.6. The molecule has 0 bridgehead atoms. The lowest BCUT2D eigenvalue weighted by Gasteiger charge is -2.14. The maximum Gasteiger partial charge on any atom is 0.262 e. The molecule has 0 saturated carbocycles. The summed E-state index contributed by atoms with van der Waals surface area (Å²) in [6, 6.07) is 8.80. The first-order chi connectivity index (χ1) is 9.70. The molecule has 2 aromatic carbocycles. The number of nitrogens with two attached hydrogens (primary N) is 1. The minimum atomic E-state index is -3.68. The first-order valence-electron chi connectivity index (χ1n) is 6.36. The Morgan fingerprint density at radius 1 is 1.10 bits per heavy atom. The van der Waals surface area contributed by atoms with Crippen LogP contribution in [0.3, 0.4) is 0 Å². The molecule has 4 nitrogen and oxygen atoms in total. The average Bonchev–Trinajstić information content (AvgIpc) is 2.37. The van der Waals surface area contributed by atoms with Gasteiger partial charge in [-0.3, -0.25) is 4.72 Å². The molecule has 0 aromatic heterocycles. The number of nitrogen functional groups attached to an aromatic ring is 1. The number of hydrogen-bond donors (Lipinski definition) is 2. The molecule has 0 amide bonds. The molecular weight excluding hydrogens is 352 g/mol. The molecule has 21 heavy (non-hydrogen) atoms. The zero-order chi connectivity index (χ0) is 15.8. The molecule has 0 unspecified atom stereocenters. The molecule has 0 aliphatic carbocycles. The fourth-order valence-electron chi connectivity index (χ4n) is 2.08. The van der Waals surface area contributed by atoms with Gasteiger partial charge in [0.05, 0.1) is 10.6 Å². The fourth-order valence-corrected chi connectivity index (χ4v) is 4.14. The molecule has 0 aliphatic rings. The van der Waals surface area contributed by atoms with Gasteiger partial charge in [-0.15, -0.1) is 0 Å². The van der Waals surface area contributed by atoms with E-state index in [1.165, 1.54) is 0 Å². The van der Waals surface area contributed by atoms with Crippen molar-refractivity contribution in [1.82, 2.24) is 0 Å². The van der Waals surface area contributed by atoms with Crippen molar-refractivity contribution in [1.29, 1.82) is 0 Å². The van der Waals surface area contributed by atoms with Crippen molar-refractivity contribution in [2.24, 2.45) is 0 Å². The second-order valence-corrected chi connectivity index (χ2v) is 7.61. The number of hydrogen-bond acceptors (Lipinski definition) is 3. The van der Waals surface area contributed by atoms with E-state index < -0.39 is 10.0 Å². The Balaban J connectivity index is 2.48. The highest BCUT2D eigenvalue weighted by atomic mass is 79.9. The summed E-state index contributed by atoms with van der Waals surface area (Å²) in [5, 5.41) is 0. The summed E-state index contributed by atoms with van der Waals surface area (Å²) in [5.41, 5.74) is 9.34. The molecule has 0 saturated heterocycles. The largest absolute Gasteiger partial charge is 0.398 e. The number of rotatable bonds is 3. The van der Waals surface area contributed by atoms with Gasteiger partial charge < -0.3 is 5.73 Å². The Kier molecular flexibility index (Phi) is 4.30. The summed E-state index contributed by atoms with van der Waals surface area (Å²) in [6.07, 6.45) is 0. The molecule has 0 radical (unpaired) electrons. The quantitative estimate of drug-likeness (QED) is 0.810. The predicted molar refractivity (Wildman–Crippen MR) is 90.0 cm³/mol. The number of benzene rings is 2. The number of halogens is 1. The van der Waals surface area contributed by atoms with Crippen molar-refractivity contribution in [3.05, 3.63) is 51.5 Å². The van der Waals surface area contributed by atoms with E-state index in [2.05, 4.69) is 20.7 Å². The van der Waals surface area contributed by atoms with E-state index in [0.29, 0.717) is 21.4 Å². The first-order valence-corrected chi connectivity index (χ1v) is 8.64. The van der Waals surface area contributed by atoms with E-state index in [1.807, 2.05) is 26.0 Å². The lowest BCUT2D eigenvalue weighted by Crippen LogP contribution is -2.15. The minimum Gasteiger partial charge on any atom is -0.398 e. The molecular formula is C15H17BrN2O2S. The van der Waals surface area contributed by atoms with Crippen LogP contribution in [0.1, 0.15) is 16.7 Å². The zero-order valence-electron chi connectivity index (χ0n) is 12.1. The van der Waals surface area contributed by atoms with Crippen molar-refractivity contribution in [3.8, 4) is 0 Å². The Labute approximate surface area is 133 Å². The van der Waals surface area contributed by atoms with Crippen LogP contribution in [0.5, 0.6) is 0 Å². The predicted octanol–water partition coefficient (Wildman–Crippen LogP) is 3.76. The second kappa shape index (κ2) is 5.69. The van der Waals surface area contributed by atoms with Gasteiger partial charge in [-0.1, -0.05) is 33.6 Å². The van der Waals surface area contributed by atoms with E-state index in [1.54, 1.807) is 25.1 Å². The third-order valence-corrected chi connectivity index (χ3v) is 5.23. The molecule has 6 heteroatoms.